The van der Waals surface area contributed by atoms with Crippen LogP contribution < -0.4 is 0 Å². The minimum Gasteiger partial charge on any atom is -0.311 e. The molecule has 0 radical (unpaired) electrons. The van der Waals surface area contributed by atoms with Crippen LogP contribution in [-0.2, 0) is 12.4 Å². The molecular formula is C15H23ClN4. The number of aromatic nitrogens is 3. The Kier molecular flexibility index (Phi) is 4.35. The first kappa shape index (κ1) is 15.3. The fourth-order valence-corrected chi connectivity index (χ4v) is 2.95. The molecule has 0 N–H and O–H groups in total. The van der Waals surface area contributed by atoms with Crippen LogP contribution in [0.25, 0.3) is 11.2 Å². The highest BCUT2D eigenvalue weighted by Gasteiger charge is 2.23. The maximum Gasteiger partial charge on any atom is 0.160 e. The molecule has 0 aliphatic carbocycles. The predicted octanol–water partition coefficient (Wildman–Crippen LogP) is 3.07. The molecule has 2 heterocycles. The van der Waals surface area contributed by atoms with Gasteiger partial charge in [0.25, 0.3) is 0 Å². The fourth-order valence-electron chi connectivity index (χ4n) is 2.75. The third-order valence-electron chi connectivity index (χ3n) is 3.26. The van der Waals surface area contributed by atoms with Crippen molar-refractivity contribution in [2.45, 2.75) is 33.2 Å². The summed E-state index contributed by atoms with van der Waals surface area (Å²) in [5.41, 5.74) is 2.99. The molecule has 4 nitrogen and oxygen atoms in total. The molecule has 0 fully saturated rings. The molecule has 0 bridgehead atoms. The lowest BCUT2D eigenvalue weighted by molar-refractivity contribution is 0.211. The zero-order chi connectivity index (χ0) is 14.9. The second-order valence-electron chi connectivity index (χ2n) is 6.45. The van der Waals surface area contributed by atoms with E-state index in [0.717, 1.165) is 35.8 Å². The first-order valence-electron chi connectivity index (χ1n) is 6.86. The average molecular weight is 295 g/mol. The average Bonchev–Trinajstić information content (AvgIpc) is 2.65. The lowest BCUT2D eigenvalue weighted by atomic mass is 9.93. The highest BCUT2D eigenvalue weighted by atomic mass is 35.5. The number of pyridine rings is 1. The maximum absolute atomic E-state index is 6.06. The van der Waals surface area contributed by atoms with Crippen LogP contribution in [-0.4, -0.2) is 40.1 Å². The minimum atomic E-state index is 0.128. The Hall–Kier alpha value is -1.13. The Morgan fingerprint density at radius 1 is 1.25 bits per heavy atom. The number of alkyl halides is 1. The molecule has 2 rings (SSSR count). The first-order valence-corrected chi connectivity index (χ1v) is 7.39. The van der Waals surface area contributed by atoms with Crippen molar-refractivity contribution >= 4 is 22.8 Å². The normalized spacial score (nSPS) is 12.6. The second kappa shape index (κ2) is 5.70. The van der Waals surface area contributed by atoms with Gasteiger partial charge in [-0.2, -0.15) is 0 Å². The highest BCUT2D eigenvalue weighted by Crippen LogP contribution is 2.24. The Balaban J connectivity index is 2.44. The van der Waals surface area contributed by atoms with Crippen molar-refractivity contribution in [1.29, 1.82) is 0 Å². The Labute approximate surface area is 125 Å². The summed E-state index contributed by atoms with van der Waals surface area (Å²) in [5, 5.41) is 0. The number of fused-ring (bicyclic) bond motifs is 1. The van der Waals surface area contributed by atoms with Gasteiger partial charge in [-0.25, -0.2) is 9.97 Å². The molecule has 2 aromatic heterocycles. The van der Waals surface area contributed by atoms with Crippen LogP contribution in [0.3, 0.4) is 0 Å². The van der Waals surface area contributed by atoms with E-state index in [1.165, 1.54) is 0 Å². The number of rotatable bonds is 5. The van der Waals surface area contributed by atoms with Crippen LogP contribution in [0.2, 0.25) is 0 Å². The fraction of sp³-hybridized carbons (Fsp3) is 0.600. The predicted molar refractivity (Wildman–Crippen MR) is 84.2 cm³/mol. The van der Waals surface area contributed by atoms with E-state index in [0.29, 0.717) is 5.88 Å². The Bertz CT molecular complexity index is 601. The summed E-state index contributed by atoms with van der Waals surface area (Å²) in [7, 11) is 4.19. The SMILES string of the molecule is Cc1ccc2nc(CCl)n(CC(C)(C)CN(C)C)c2n1. The van der Waals surface area contributed by atoms with Crippen LogP contribution in [0.15, 0.2) is 12.1 Å². The van der Waals surface area contributed by atoms with Crippen molar-refractivity contribution < 1.29 is 0 Å². The summed E-state index contributed by atoms with van der Waals surface area (Å²) < 4.78 is 2.17. The summed E-state index contributed by atoms with van der Waals surface area (Å²) in [6, 6.07) is 4.01. The van der Waals surface area contributed by atoms with Crippen LogP contribution in [0.1, 0.15) is 25.4 Å². The van der Waals surface area contributed by atoms with Gasteiger partial charge in [0.15, 0.2) is 5.65 Å². The summed E-state index contributed by atoms with van der Waals surface area (Å²) in [4.78, 5) is 11.4. The molecule has 0 spiro atoms. The quantitative estimate of drug-likeness (QED) is 0.795. The summed E-state index contributed by atoms with van der Waals surface area (Å²) in [6.45, 7) is 8.38. The molecule has 0 aliphatic rings. The molecule has 0 aromatic carbocycles. The van der Waals surface area contributed by atoms with Gasteiger partial charge in [-0.3, -0.25) is 0 Å². The molecular weight excluding hydrogens is 272 g/mol. The number of hydrogen-bond acceptors (Lipinski definition) is 3. The second-order valence-corrected chi connectivity index (χ2v) is 6.71. The molecule has 0 saturated heterocycles. The van der Waals surface area contributed by atoms with Crippen LogP contribution in [0.4, 0.5) is 0 Å². The van der Waals surface area contributed by atoms with Crippen molar-refractivity contribution in [3.05, 3.63) is 23.7 Å². The largest absolute Gasteiger partial charge is 0.311 e. The molecule has 20 heavy (non-hydrogen) atoms. The molecule has 0 atom stereocenters. The van der Waals surface area contributed by atoms with Gasteiger partial charge in [0.2, 0.25) is 0 Å². The van der Waals surface area contributed by atoms with Gasteiger partial charge >= 0.3 is 0 Å². The van der Waals surface area contributed by atoms with Crippen molar-refractivity contribution in [3.63, 3.8) is 0 Å². The van der Waals surface area contributed by atoms with Crippen LogP contribution in [0, 0.1) is 12.3 Å². The summed E-state index contributed by atoms with van der Waals surface area (Å²) in [5.74, 6) is 1.31. The molecule has 0 unspecified atom stereocenters. The molecule has 2 aromatic rings. The lowest BCUT2D eigenvalue weighted by Crippen LogP contribution is -2.32. The molecule has 0 amide bonds. The van der Waals surface area contributed by atoms with Gasteiger partial charge in [-0.05, 0) is 38.6 Å². The smallest absolute Gasteiger partial charge is 0.160 e. The third kappa shape index (κ3) is 3.30. The molecule has 0 saturated carbocycles. The highest BCUT2D eigenvalue weighted by molar-refractivity contribution is 6.16. The van der Waals surface area contributed by atoms with Gasteiger partial charge < -0.3 is 9.47 Å². The molecule has 0 aliphatic heterocycles. The van der Waals surface area contributed by atoms with Crippen LogP contribution in [0.5, 0.6) is 0 Å². The van der Waals surface area contributed by atoms with Gasteiger partial charge in [0.05, 0.1) is 5.88 Å². The van der Waals surface area contributed by atoms with E-state index >= 15 is 0 Å². The van der Waals surface area contributed by atoms with E-state index < -0.39 is 0 Å². The first-order chi connectivity index (χ1) is 9.32. The summed E-state index contributed by atoms with van der Waals surface area (Å²) in [6.07, 6.45) is 0. The number of imidazole rings is 1. The van der Waals surface area contributed by atoms with E-state index in [1.54, 1.807) is 0 Å². The van der Waals surface area contributed by atoms with Gasteiger partial charge in [-0.1, -0.05) is 13.8 Å². The molecule has 110 valence electrons. The standard InChI is InChI=1S/C15H23ClN4/c1-11-6-7-12-14(17-11)20(13(8-16)18-12)10-15(2,3)9-19(4)5/h6-7H,8-10H2,1-5H3. The van der Waals surface area contributed by atoms with E-state index in [1.807, 2.05) is 19.1 Å². The third-order valence-corrected chi connectivity index (χ3v) is 3.50. The van der Waals surface area contributed by atoms with E-state index in [-0.39, 0.29) is 5.41 Å². The van der Waals surface area contributed by atoms with E-state index in [9.17, 15) is 0 Å². The Morgan fingerprint density at radius 2 is 1.95 bits per heavy atom. The zero-order valence-electron chi connectivity index (χ0n) is 12.9. The van der Waals surface area contributed by atoms with E-state index in [4.69, 9.17) is 11.6 Å². The van der Waals surface area contributed by atoms with Gasteiger partial charge in [0, 0.05) is 18.8 Å². The number of aryl methyl sites for hydroxylation is 1. The monoisotopic (exact) mass is 294 g/mol. The minimum absolute atomic E-state index is 0.128. The van der Waals surface area contributed by atoms with Gasteiger partial charge in [0.1, 0.15) is 11.3 Å². The molecule has 5 heteroatoms. The lowest BCUT2D eigenvalue weighted by Gasteiger charge is -2.29. The van der Waals surface area contributed by atoms with Crippen molar-refractivity contribution in [2.24, 2.45) is 5.41 Å². The van der Waals surface area contributed by atoms with Crippen LogP contribution >= 0.6 is 11.6 Å². The van der Waals surface area contributed by atoms with Gasteiger partial charge in [-0.15, -0.1) is 11.6 Å². The number of nitrogens with zero attached hydrogens (tertiary/aromatic N) is 4. The van der Waals surface area contributed by atoms with Crippen molar-refractivity contribution in [1.82, 2.24) is 19.4 Å². The van der Waals surface area contributed by atoms with Crippen molar-refractivity contribution in [3.8, 4) is 0 Å². The number of hydrogen-bond donors (Lipinski definition) is 0. The topological polar surface area (TPSA) is 34.0 Å². The van der Waals surface area contributed by atoms with E-state index in [2.05, 4.69) is 47.4 Å². The Morgan fingerprint density at radius 3 is 2.55 bits per heavy atom. The zero-order valence-corrected chi connectivity index (χ0v) is 13.7. The maximum atomic E-state index is 6.06. The number of halogens is 1. The van der Waals surface area contributed by atoms with Crippen molar-refractivity contribution in [2.75, 3.05) is 20.6 Å². The summed E-state index contributed by atoms with van der Waals surface area (Å²) >= 11 is 6.06.